The first-order valence-electron chi connectivity index (χ1n) is 7.77. The van der Waals surface area contributed by atoms with Crippen LogP contribution >= 0.6 is 0 Å². The third-order valence-corrected chi connectivity index (χ3v) is 4.74. The fraction of sp³-hybridized carbons (Fsp3) is 0.500. The van der Waals surface area contributed by atoms with E-state index in [1.807, 2.05) is 25.4 Å². The van der Waals surface area contributed by atoms with Crippen LogP contribution in [-0.4, -0.2) is 46.1 Å². The molecule has 2 aromatic rings. The van der Waals surface area contributed by atoms with Crippen molar-refractivity contribution in [3.8, 4) is 0 Å². The second kappa shape index (κ2) is 5.19. The van der Waals surface area contributed by atoms with Crippen LogP contribution in [0.1, 0.15) is 11.4 Å². The second-order valence-electron chi connectivity index (χ2n) is 6.32. The predicted octanol–water partition coefficient (Wildman–Crippen LogP) is 1.46. The first kappa shape index (κ1) is 13.4. The summed E-state index contributed by atoms with van der Waals surface area (Å²) in [6, 6.07) is 2.01. The number of rotatable bonds is 2. The van der Waals surface area contributed by atoms with Gasteiger partial charge in [-0.05, 0) is 19.9 Å². The monoisotopic (exact) mass is 296 g/mol. The molecule has 2 aliphatic heterocycles. The maximum absolute atomic E-state index is 4.55. The molecule has 0 saturated carbocycles. The highest BCUT2D eigenvalue weighted by molar-refractivity contribution is 5.48. The molecule has 4 rings (SSSR count). The van der Waals surface area contributed by atoms with Gasteiger partial charge in [0.05, 0.1) is 0 Å². The van der Waals surface area contributed by atoms with Crippen LogP contribution in [0.15, 0.2) is 24.8 Å². The molecule has 2 aliphatic rings. The Morgan fingerprint density at radius 3 is 2.41 bits per heavy atom. The number of hydrogen-bond donors (Lipinski definition) is 0. The van der Waals surface area contributed by atoms with Gasteiger partial charge in [0.25, 0.3) is 0 Å². The Bertz CT molecular complexity index is 674. The molecule has 0 amide bonds. The van der Waals surface area contributed by atoms with E-state index in [0.717, 1.165) is 49.2 Å². The van der Waals surface area contributed by atoms with Gasteiger partial charge in [0, 0.05) is 56.0 Å². The summed E-state index contributed by atoms with van der Waals surface area (Å²) >= 11 is 0. The van der Waals surface area contributed by atoms with Crippen LogP contribution < -0.4 is 9.80 Å². The molecule has 22 heavy (non-hydrogen) atoms. The number of anilines is 2. The fourth-order valence-corrected chi connectivity index (χ4v) is 3.70. The van der Waals surface area contributed by atoms with E-state index in [9.17, 15) is 0 Å². The number of aryl methyl sites for hydroxylation is 2. The Hall–Kier alpha value is -2.24. The summed E-state index contributed by atoms with van der Waals surface area (Å²) in [5, 5.41) is 0. The van der Waals surface area contributed by atoms with Crippen LogP contribution in [0.4, 0.5) is 11.6 Å². The molecule has 2 atom stereocenters. The molecule has 2 saturated heterocycles. The SMILES string of the molecule is Cc1nccc(N2CC3CN(c4ncncc4C)CC3C2)n1. The topological polar surface area (TPSA) is 58.0 Å². The largest absolute Gasteiger partial charge is 0.356 e. The Morgan fingerprint density at radius 2 is 1.73 bits per heavy atom. The number of fused-ring (bicyclic) bond motifs is 1. The highest BCUT2D eigenvalue weighted by Gasteiger charge is 2.41. The molecule has 114 valence electrons. The quantitative estimate of drug-likeness (QED) is 0.836. The number of nitrogens with zero attached hydrogens (tertiary/aromatic N) is 6. The fourth-order valence-electron chi connectivity index (χ4n) is 3.70. The van der Waals surface area contributed by atoms with Crippen LogP contribution in [0, 0.1) is 25.7 Å². The third kappa shape index (κ3) is 2.28. The van der Waals surface area contributed by atoms with Crippen LogP contribution in [0.25, 0.3) is 0 Å². The van der Waals surface area contributed by atoms with Crippen molar-refractivity contribution in [1.29, 1.82) is 0 Å². The molecule has 0 aliphatic carbocycles. The normalized spacial score (nSPS) is 23.9. The molecule has 6 nitrogen and oxygen atoms in total. The van der Waals surface area contributed by atoms with Crippen molar-refractivity contribution in [2.45, 2.75) is 13.8 Å². The summed E-state index contributed by atoms with van der Waals surface area (Å²) in [6.45, 7) is 8.31. The highest BCUT2D eigenvalue weighted by atomic mass is 15.3. The zero-order valence-electron chi connectivity index (χ0n) is 13.0. The smallest absolute Gasteiger partial charge is 0.134 e. The van der Waals surface area contributed by atoms with Gasteiger partial charge in [-0.2, -0.15) is 0 Å². The van der Waals surface area contributed by atoms with E-state index < -0.39 is 0 Å². The minimum atomic E-state index is 0.685. The Kier molecular flexibility index (Phi) is 3.17. The van der Waals surface area contributed by atoms with E-state index in [0.29, 0.717) is 11.8 Å². The van der Waals surface area contributed by atoms with Crippen LogP contribution in [0.3, 0.4) is 0 Å². The summed E-state index contributed by atoms with van der Waals surface area (Å²) in [6.07, 6.45) is 5.39. The summed E-state index contributed by atoms with van der Waals surface area (Å²) in [7, 11) is 0. The van der Waals surface area contributed by atoms with Gasteiger partial charge in [-0.15, -0.1) is 0 Å². The summed E-state index contributed by atoms with van der Waals surface area (Å²) in [5.41, 5.74) is 1.16. The summed E-state index contributed by atoms with van der Waals surface area (Å²) in [5.74, 6) is 4.36. The average molecular weight is 296 g/mol. The molecule has 2 aromatic heterocycles. The molecule has 0 aromatic carbocycles. The zero-order valence-corrected chi connectivity index (χ0v) is 13.0. The van der Waals surface area contributed by atoms with Crippen molar-refractivity contribution in [3.63, 3.8) is 0 Å². The van der Waals surface area contributed by atoms with Gasteiger partial charge in [0.15, 0.2) is 0 Å². The van der Waals surface area contributed by atoms with Gasteiger partial charge < -0.3 is 9.80 Å². The van der Waals surface area contributed by atoms with Gasteiger partial charge in [0.1, 0.15) is 23.8 Å². The van der Waals surface area contributed by atoms with Crippen molar-refractivity contribution >= 4 is 11.6 Å². The van der Waals surface area contributed by atoms with E-state index >= 15 is 0 Å². The molecule has 2 fully saturated rings. The lowest BCUT2D eigenvalue weighted by Gasteiger charge is -2.23. The Balaban J connectivity index is 1.48. The lowest BCUT2D eigenvalue weighted by molar-refractivity contribution is 0.533. The van der Waals surface area contributed by atoms with Gasteiger partial charge in [-0.1, -0.05) is 0 Å². The lowest BCUT2D eigenvalue weighted by Crippen LogP contribution is -2.30. The molecule has 0 bridgehead atoms. The number of hydrogen-bond acceptors (Lipinski definition) is 6. The maximum Gasteiger partial charge on any atom is 0.134 e. The molecule has 2 unspecified atom stereocenters. The predicted molar refractivity (Wildman–Crippen MR) is 84.9 cm³/mol. The maximum atomic E-state index is 4.55. The lowest BCUT2D eigenvalue weighted by atomic mass is 10.0. The molecule has 0 spiro atoms. The average Bonchev–Trinajstić information content (AvgIpc) is 3.06. The van der Waals surface area contributed by atoms with Crippen molar-refractivity contribution < 1.29 is 0 Å². The molecule has 0 radical (unpaired) electrons. The first-order chi connectivity index (χ1) is 10.7. The molecular formula is C16H20N6. The molecule has 6 heteroatoms. The van der Waals surface area contributed by atoms with E-state index in [1.54, 1.807) is 6.33 Å². The van der Waals surface area contributed by atoms with Gasteiger partial charge in [-0.3, -0.25) is 0 Å². The minimum absolute atomic E-state index is 0.685. The minimum Gasteiger partial charge on any atom is -0.356 e. The summed E-state index contributed by atoms with van der Waals surface area (Å²) in [4.78, 5) is 22.1. The van der Waals surface area contributed by atoms with Crippen LogP contribution in [0.2, 0.25) is 0 Å². The van der Waals surface area contributed by atoms with Crippen LogP contribution in [0.5, 0.6) is 0 Å². The van der Waals surface area contributed by atoms with Crippen molar-refractivity contribution in [1.82, 2.24) is 19.9 Å². The molecular weight excluding hydrogens is 276 g/mol. The van der Waals surface area contributed by atoms with E-state index in [4.69, 9.17) is 0 Å². The van der Waals surface area contributed by atoms with E-state index in [2.05, 4.69) is 36.7 Å². The van der Waals surface area contributed by atoms with Crippen molar-refractivity contribution in [3.05, 3.63) is 36.2 Å². The number of aromatic nitrogens is 4. The van der Waals surface area contributed by atoms with Crippen molar-refractivity contribution in [2.24, 2.45) is 11.8 Å². The second-order valence-corrected chi connectivity index (χ2v) is 6.32. The zero-order chi connectivity index (χ0) is 15.1. The van der Waals surface area contributed by atoms with Gasteiger partial charge in [0.2, 0.25) is 0 Å². The van der Waals surface area contributed by atoms with Crippen LogP contribution in [-0.2, 0) is 0 Å². The first-order valence-corrected chi connectivity index (χ1v) is 7.77. The van der Waals surface area contributed by atoms with Crippen molar-refractivity contribution in [2.75, 3.05) is 36.0 Å². The molecule has 0 N–H and O–H groups in total. The van der Waals surface area contributed by atoms with E-state index in [1.165, 1.54) is 0 Å². The van der Waals surface area contributed by atoms with E-state index in [-0.39, 0.29) is 0 Å². The van der Waals surface area contributed by atoms with Gasteiger partial charge >= 0.3 is 0 Å². The molecule has 4 heterocycles. The third-order valence-electron chi connectivity index (χ3n) is 4.74. The Labute approximate surface area is 130 Å². The standard InChI is InChI=1S/C16H20N6/c1-11-5-17-10-19-16(11)22-8-13-6-21(7-14(13)9-22)15-3-4-18-12(2)20-15/h3-5,10,13-14H,6-9H2,1-2H3. The van der Waals surface area contributed by atoms with Gasteiger partial charge in [-0.25, -0.2) is 19.9 Å². The highest BCUT2D eigenvalue weighted by Crippen LogP contribution is 2.35. The Morgan fingerprint density at radius 1 is 1.00 bits per heavy atom. The summed E-state index contributed by atoms with van der Waals surface area (Å²) < 4.78 is 0.